The maximum atomic E-state index is 5.85. The molecular weight excluding hydrogens is 200 g/mol. The molecule has 1 nitrogen and oxygen atoms in total. The normalized spacial score (nSPS) is 17.7. The van der Waals surface area contributed by atoms with Crippen molar-refractivity contribution in [2.75, 3.05) is 6.61 Å². The molecule has 1 heterocycles. The Hall–Kier alpha value is -0.863. The van der Waals surface area contributed by atoms with Gasteiger partial charge in [-0.25, -0.2) is 0 Å². The Bertz CT molecular complexity index is 353. The van der Waals surface area contributed by atoms with Gasteiger partial charge in [-0.2, -0.15) is 0 Å². The smallest absolute Gasteiger partial charge is 0.246 e. The van der Waals surface area contributed by atoms with Gasteiger partial charge in [-0.3, -0.25) is 0 Å². The predicted octanol–water partition coefficient (Wildman–Crippen LogP) is 3.35. The van der Waals surface area contributed by atoms with Crippen molar-refractivity contribution in [1.82, 2.24) is 0 Å². The van der Waals surface area contributed by atoms with Crippen molar-refractivity contribution in [2.45, 2.75) is 25.8 Å². The van der Waals surface area contributed by atoms with Gasteiger partial charge in [0.15, 0.2) is 0 Å². The second-order valence-corrected chi connectivity index (χ2v) is 6.26. The SMILES string of the molecule is C=C(c1ccccc1C)[Si]1CCCCO1. The van der Waals surface area contributed by atoms with E-state index in [-0.39, 0.29) is 0 Å². The highest BCUT2D eigenvalue weighted by atomic mass is 28.3. The average Bonchev–Trinajstić information content (AvgIpc) is 2.30. The van der Waals surface area contributed by atoms with Gasteiger partial charge in [-0.1, -0.05) is 37.3 Å². The van der Waals surface area contributed by atoms with Gasteiger partial charge in [-0.05, 0) is 35.7 Å². The van der Waals surface area contributed by atoms with Gasteiger partial charge in [0.1, 0.15) is 0 Å². The zero-order chi connectivity index (χ0) is 10.7. The highest BCUT2D eigenvalue weighted by Crippen LogP contribution is 2.25. The molecule has 0 N–H and O–H groups in total. The highest BCUT2D eigenvalue weighted by Gasteiger charge is 2.22. The van der Waals surface area contributed by atoms with Gasteiger partial charge in [0, 0.05) is 6.61 Å². The first-order valence-electron chi connectivity index (χ1n) is 5.53. The van der Waals surface area contributed by atoms with Crippen molar-refractivity contribution >= 4 is 14.2 Å². The minimum atomic E-state index is -0.795. The summed E-state index contributed by atoms with van der Waals surface area (Å²) in [6.07, 6.45) is 2.52. The highest BCUT2D eigenvalue weighted by molar-refractivity contribution is 6.73. The summed E-state index contributed by atoms with van der Waals surface area (Å²) in [5, 5.41) is 1.25. The Balaban J connectivity index is 2.16. The second-order valence-electron chi connectivity index (χ2n) is 4.02. The molecule has 2 heteroatoms. The van der Waals surface area contributed by atoms with Crippen molar-refractivity contribution in [3.63, 3.8) is 0 Å². The molecular formula is C13H17OSi. The Kier molecular flexibility index (Phi) is 3.39. The third kappa shape index (κ3) is 2.39. The van der Waals surface area contributed by atoms with E-state index < -0.39 is 9.04 Å². The number of benzene rings is 1. The van der Waals surface area contributed by atoms with E-state index in [1.165, 1.54) is 35.2 Å². The lowest BCUT2D eigenvalue weighted by Gasteiger charge is -2.23. The summed E-state index contributed by atoms with van der Waals surface area (Å²) in [6, 6.07) is 9.68. The molecule has 1 aliphatic rings. The molecule has 0 atom stereocenters. The van der Waals surface area contributed by atoms with Crippen LogP contribution in [0.25, 0.3) is 5.20 Å². The summed E-state index contributed by atoms with van der Waals surface area (Å²) >= 11 is 0. The van der Waals surface area contributed by atoms with Crippen LogP contribution in [-0.4, -0.2) is 15.6 Å². The lowest BCUT2D eigenvalue weighted by Crippen LogP contribution is -2.25. The van der Waals surface area contributed by atoms with Crippen LogP contribution in [0, 0.1) is 6.92 Å². The first kappa shape index (κ1) is 10.6. The minimum Gasteiger partial charge on any atom is -0.412 e. The molecule has 1 aliphatic heterocycles. The van der Waals surface area contributed by atoms with Crippen LogP contribution in [-0.2, 0) is 4.43 Å². The first-order chi connectivity index (χ1) is 7.29. The van der Waals surface area contributed by atoms with E-state index in [0.717, 1.165) is 6.61 Å². The molecule has 79 valence electrons. The van der Waals surface area contributed by atoms with Crippen LogP contribution in [0.15, 0.2) is 30.8 Å². The molecule has 1 saturated heterocycles. The molecule has 15 heavy (non-hydrogen) atoms. The molecule has 1 fully saturated rings. The van der Waals surface area contributed by atoms with Crippen LogP contribution in [0.5, 0.6) is 0 Å². The Morgan fingerprint density at radius 2 is 2.13 bits per heavy atom. The quantitative estimate of drug-likeness (QED) is 0.690. The maximum absolute atomic E-state index is 5.85. The summed E-state index contributed by atoms with van der Waals surface area (Å²) in [7, 11) is -0.795. The fourth-order valence-electron chi connectivity index (χ4n) is 1.95. The molecule has 0 aromatic heterocycles. The molecule has 0 saturated carbocycles. The Labute approximate surface area is 93.5 Å². The molecule has 0 bridgehead atoms. The number of rotatable bonds is 2. The number of hydrogen-bond acceptors (Lipinski definition) is 1. The summed E-state index contributed by atoms with van der Waals surface area (Å²) in [4.78, 5) is 0. The van der Waals surface area contributed by atoms with E-state index in [1.54, 1.807) is 0 Å². The molecule has 0 amide bonds. The van der Waals surface area contributed by atoms with Crippen LogP contribution in [0.4, 0.5) is 0 Å². The maximum Gasteiger partial charge on any atom is 0.246 e. The van der Waals surface area contributed by atoms with Gasteiger partial charge in [0.25, 0.3) is 0 Å². The molecule has 1 radical (unpaired) electrons. The van der Waals surface area contributed by atoms with Gasteiger partial charge in [0.2, 0.25) is 9.04 Å². The zero-order valence-electron chi connectivity index (χ0n) is 9.25. The summed E-state index contributed by atoms with van der Waals surface area (Å²) in [5.41, 5.74) is 2.61. The summed E-state index contributed by atoms with van der Waals surface area (Å²) < 4.78 is 5.85. The van der Waals surface area contributed by atoms with E-state index in [0.29, 0.717) is 0 Å². The molecule has 1 aromatic rings. The molecule has 1 aromatic carbocycles. The largest absolute Gasteiger partial charge is 0.412 e. The van der Waals surface area contributed by atoms with E-state index in [2.05, 4.69) is 37.8 Å². The zero-order valence-corrected chi connectivity index (χ0v) is 10.3. The van der Waals surface area contributed by atoms with Crippen molar-refractivity contribution < 1.29 is 4.43 Å². The lowest BCUT2D eigenvalue weighted by atomic mass is 10.1. The van der Waals surface area contributed by atoms with Crippen molar-refractivity contribution in [2.24, 2.45) is 0 Å². The summed E-state index contributed by atoms with van der Waals surface area (Å²) in [6.45, 7) is 7.30. The standard InChI is InChI=1S/C13H17OSi/c1-11-7-3-4-8-13(11)12(2)15-10-6-5-9-14-15/h3-4,7-8H,2,5-6,9-10H2,1H3. The fourth-order valence-corrected chi connectivity index (χ4v) is 4.12. The minimum absolute atomic E-state index is 0.795. The van der Waals surface area contributed by atoms with Gasteiger partial charge in [0.05, 0.1) is 0 Å². The van der Waals surface area contributed by atoms with Crippen LogP contribution in [0.2, 0.25) is 6.04 Å². The van der Waals surface area contributed by atoms with Gasteiger partial charge in [-0.15, -0.1) is 0 Å². The van der Waals surface area contributed by atoms with Crippen LogP contribution in [0.1, 0.15) is 24.0 Å². The van der Waals surface area contributed by atoms with Crippen LogP contribution < -0.4 is 0 Å². The molecule has 0 unspecified atom stereocenters. The van der Waals surface area contributed by atoms with Crippen LogP contribution in [0.3, 0.4) is 0 Å². The third-order valence-electron chi connectivity index (χ3n) is 2.88. The first-order valence-corrected chi connectivity index (χ1v) is 7.14. The van der Waals surface area contributed by atoms with E-state index in [4.69, 9.17) is 4.43 Å². The predicted molar refractivity (Wildman–Crippen MR) is 66.0 cm³/mol. The van der Waals surface area contributed by atoms with Crippen molar-refractivity contribution in [3.8, 4) is 0 Å². The van der Waals surface area contributed by atoms with Gasteiger partial charge >= 0.3 is 0 Å². The third-order valence-corrected chi connectivity index (χ3v) is 5.18. The van der Waals surface area contributed by atoms with Crippen molar-refractivity contribution in [1.29, 1.82) is 0 Å². The molecule has 0 spiro atoms. The lowest BCUT2D eigenvalue weighted by molar-refractivity contribution is 0.295. The topological polar surface area (TPSA) is 9.23 Å². The Morgan fingerprint density at radius 3 is 2.80 bits per heavy atom. The average molecular weight is 217 g/mol. The van der Waals surface area contributed by atoms with E-state index in [1.807, 2.05) is 0 Å². The van der Waals surface area contributed by atoms with E-state index >= 15 is 0 Å². The number of hydrogen-bond donors (Lipinski definition) is 0. The number of aryl methyl sites for hydroxylation is 1. The van der Waals surface area contributed by atoms with Crippen LogP contribution >= 0.6 is 0 Å². The summed E-state index contributed by atoms with van der Waals surface area (Å²) in [5.74, 6) is 0. The van der Waals surface area contributed by atoms with Crippen molar-refractivity contribution in [3.05, 3.63) is 42.0 Å². The van der Waals surface area contributed by atoms with E-state index in [9.17, 15) is 0 Å². The monoisotopic (exact) mass is 217 g/mol. The molecule has 2 rings (SSSR count). The Morgan fingerprint density at radius 1 is 1.33 bits per heavy atom. The second kappa shape index (κ2) is 4.77. The molecule has 0 aliphatic carbocycles. The van der Waals surface area contributed by atoms with Gasteiger partial charge < -0.3 is 4.43 Å². The fraction of sp³-hybridized carbons (Fsp3) is 0.385.